The van der Waals surface area contributed by atoms with Gasteiger partial charge in [-0.3, -0.25) is 14.4 Å². The van der Waals surface area contributed by atoms with E-state index in [-0.39, 0.29) is 24.8 Å². The molecule has 4 rings (SSSR count). The molecule has 1 atom stereocenters. The highest BCUT2D eigenvalue weighted by Gasteiger charge is 2.47. The lowest BCUT2D eigenvalue weighted by Crippen LogP contribution is -2.54. The van der Waals surface area contributed by atoms with Gasteiger partial charge in [0.1, 0.15) is 29.6 Å². The summed E-state index contributed by atoms with van der Waals surface area (Å²) in [6.45, 7) is 7.35. The summed E-state index contributed by atoms with van der Waals surface area (Å²) < 4.78 is 13.4. The van der Waals surface area contributed by atoms with Crippen molar-refractivity contribution in [1.29, 1.82) is 0 Å². The molecular weight excluding hydrogens is 536 g/mol. The molecule has 1 aromatic carbocycles. The fourth-order valence-corrected chi connectivity index (χ4v) is 5.38. The van der Waals surface area contributed by atoms with Gasteiger partial charge in [0.15, 0.2) is 0 Å². The molecule has 1 saturated carbocycles. The molecule has 0 aliphatic heterocycles. The van der Waals surface area contributed by atoms with E-state index in [9.17, 15) is 14.4 Å². The van der Waals surface area contributed by atoms with Crippen LogP contribution in [0.25, 0.3) is 11.4 Å². The monoisotopic (exact) mass is 570 g/mol. The molecule has 2 aromatic heterocycles. The van der Waals surface area contributed by atoms with Crippen LogP contribution in [-0.2, 0) is 31.0 Å². The highest BCUT2D eigenvalue weighted by molar-refractivity contribution is 6.30. The normalized spacial score (nSPS) is 20.1. The van der Waals surface area contributed by atoms with Gasteiger partial charge < -0.3 is 15.2 Å². The number of ether oxygens (including phenoxy) is 2. The van der Waals surface area contributed by atoms with E-state index in [1.807, 2.05) is 18.2 Å². The van der Waals surface area contributed by atoms with E-state index in [0.717, 1.165) is 5.56 Å². The van der Waals surface area contributed by atoms with Crippen molar-refractivity contribution < 1.29 is 19.1 Å². The number of carbonyl (C=O) groups excluding carboxylic acids is 2. The van der Waals surface area contributed by atoms with Gasteiger partial charge in [0.05, 0.1) is 18.8 Å². The molecule has 0 radical (unpaired) electrons. The summed E-state index contributed by atoms with van der Waals surface area (Å²) in [7, 11) is 0. The van der Waals surface area contributed by atoms with Crippen LogP contribution in [0.3, 0.4) is 0 Å². The van der Waals surface area contributed by atoms with Crippen molar-refractivity contribution in [2.45, 2.75) is 83.0 Å². The molecule has 2 N–H and O–H groups in total. The first-order chi connectivity index (χ1) is 18.9. The Morgan fingerprint density at radius 3 is 2.55 bits per heavy atom. The topological polar surface area (TPSA) is 144 Å². The van der Waals surface area contributed by atoms with Crippen LogP contribution in [0.2, 0.25) is 5.02 Å². The smallest absolute Gasteiger partial charge is 0.327 e. The minimum Gasteiger partial charge on any atom is -0.465 e. The molecule has 1 fully saturated rings. The Balaban J connectivity index is 1.58. The van der Waals surface area contributed by atoms with Crippen molar-refractivity contribution in [2.75, 3.05) is 6.61 Å². The largest absolute Gasteiger partial charge is 0.465 e. The molecule has 0 amide bonds. The number of nitrogens with two attached hydrogens (primary N) is 1. The van der Waals surface area contributed by atoms with Crippen LogP contribution in [0.1, 0.15) is 65.0 Å². The van der Waals surface area contributed by atoms with E-state index >= 15 is 0 Å². The SMILES string of the molecule is CCOC(=O)Cn1cc(-c2ccc(=O)n(C3CCC(c4cccc(Cl)c4)(C(N)C(=O)OC(C)(C)C)CC3)n2)nn1. The average Bonchev–Trinajstić information content (AvgIpc) is 3.36. The Labute approximate surface area is 237 Å². The van der Waals surface area contributed by atoms with Gasteiger partial charge in [-0.2, -0.15) is 5.10 Å². The second kappa shape index (κ2) is 11.9. The van der Waals surface area contributed by atoms with Crippen LogP contribution in [0, 0.1) is 0 Å². The third-order valence-corrected chi connectivity index (χ3v) is 7.31. The summed E-state index contributed by atoms with van der Waals surface area (Å²) in [6.07, 6.45) is 3.72. The number of carbonyl (C=O) groups is 2. The lowest BCUT2D eigenvalue weighted by atomic mass is 9.64. The Hall–Kier alpha value is -3.57. The van der Waals surface area contributed by atoms with Crippen molar-refractivity contribution in [3.63, 3.8) is 0 Å². The zero-order chi connectivity index (χ0) is 29.1. The maximum Gasteiger partial charge on any atom is 0.327 e. The molecule has 2 heterocycles. The third kappa shape index (κ3) is 6.59. The van der Waals surface area contributed by atoms with Crippen molar-refractivity contribution in [3.8, 4) is 11.4 Å². The quantitative estimate of drug-likeness (QED) is 0.402. The lowest BCUT2D eigenvalue weighted by molar-refractivity contribution is -0.159. The van der Waals surface area contributed by atoms with Gasteiger partial charge in [0, 0.05) is 16.5 Å². The number of esters is 2. The molecule has 214 valence electrons. The third-order valence-electron chi connectivity index (χ3n) is 7.07. The number of rotatable bonds is 8. The fraction of sp³-hybridized carbons (Fsp3) is 0.500. The van der Waals surface area contributed by atoms with Gasteiger partial charge in [-0.05, 0) is 77.1 Å². The molecule has 11 nitrogen and oxygen atoms in total. The average molecular weight is 571 g/mol. The summed E-state index contributed by atoms with van der Waals surface area (Å²) >= 11 is 6.33. The first kappa shape index (κ1) is 29.4. The van der Waals surface area contributed by atoms with Gasteiger partial charge in [-0.25, -0.2) is 9.36 Å². The molecule has 0 saturated heterocycles. The van der Waals surface area contributed by atoms with Crippen LogP contribution >= 0.6 is 11.6 Å². The van der Waals surface area contributed by atoms with Crippen molar-refractivity contribution in [1.82, 2.24) is 24.8 Å². The molecule has 1 unspecified atom stereocenters. The maximum atomic E-state index is 13.1. The van der Waals surface area contributed by atoms with E-state index in [0.29, 0.717) is 42.1 Å². The molecule has 1 aliphatic rings. The second-order valence-corrected chi connectivity index (χ2v) is 11.5. The van der Waals surface area contributed by atoms with E-state index in [2.05, 4.69) is 15.4 Å². The van der Waals surface area contributed by atoms with Gasteiger partial charge in [0.25, 0.3) is 5.56 Å². The number of nitrogens with zero attached hydrogens (tertiary/aromatic N) is 5. The van der Waals surface area contributed by atoms with Crippen molar-refractivity contribution in [3.05, 3.63) is 63.5 Å². The molecule has 40 heavy (non-hydrogen) atoms. The Morgan fingerprint density at radius 1 is 1.18 bits per heavy atom. The molecule has 0 bridgehead atoms. The van der Waals surface area contributed by atoms with Crippen LogP contribution in [0.15, 0.2) is 47.4 Å². The van der Waals surface area contributed by atoms with Gasteiger partial charge in [0.2, 0.25) is 0 Å². The standard InChI is InChI=1S/C28H35ClN6O5/c1-5-39-24(37)17-34-16-22(31-33-34)21-9-10-23(36)35(32-21)20-11-13-28(14-12-20,18-7-6-8-19(29)15-18)25(30)26(38)40-27(2,3)4/h6-10,15-16,20,25H,5,11-14,17,30H2,1-4H3. The molecule has 1 aliphatic carbocycles. The number of benzene rings is 1. The zero-order valence-corrected chi connectivity index (χ0v) is 23.9. The first-order valence-electron chi connectivity index (χ1n) is 13.3. The maximum absolute atomic E-state index is 13.1. The van der Waals surface area contributed by atoms with Crippen molar-refractivity contribution in [2.24, 2.45) is 5.73 Å². The number of aromatic nitrogens is 5. The first-order valence-corrected chi connectivity index (χ1v) is 13.7. The number of hydrogen-bond donors (Lipinski definition) is 1. The predicted molar refractivity (Wildman–Crippen MR) is 149 cm³/mol. The summed E-state index contributed by atoms with van der Waals surface area (Å²) in [6, 6.07) is 9.28. The van der Waals surface area contributed by atoms with E-state index in [4.69, 9.17) is 26.8 Å². The summed E-state index contributed by atoms with van der Waals surface area (Å²) in [4.78, 5) is 37.8. The van der Waals surface area contributed by atoms with Gasteiger partial charge >= 0.3 is 11.9 Å². The minimum absolute atomic E-state index is 0.0768. The highest BCUT2D eigenvalue weighted by Crippen LogP contribution is 2.45. The molecule has 3 aromatic rings. The van der Waals surface area contributed by atoms with Crippen LogP contribution in [-0.4, -0.2) is 55.0 Å². The fourth-order valence-electron chi connectivity index (χ4n) is 5.19. The van der Waals surface area contributed by atoms with Gasteiger partial charge in [-0.15, -0.1) is 5.10 Å². The zero-order valence-electron chi connectivity index (χ0n) is 23.2. The van der Waals surface area contributed by atoms with Crippen LogP contribution in [0.5, 0.6) is 0 Å². The molecule has 12 heteroatoms. The van der Waals surface area contributed by atoms with E-state index < -0.39 is 29.0 Å². The predicted octanol–water partition coefficient (Wildman–Crippen LogP) is 3.44. The van der Waals surface area contributed by atoms with Crippen LogP contribution in [0.4, 0.5) is 0 Å². The second-order valence-electron chi connectivity index (χ2n) is 11.0. The van der Waals surface area contributed by atoms with Gasteiger partial charge in [-0.1, -0.05) is 28.9 Å². The number of hydrogen-bond acceptors (Lipinski definition) is 9. The lowest BCUT2D eigenvalue weighted by Gasteiger charge is -2.44. The summed E-state index contributed by atoms with van der Waals surface area (Å²) in [5.74, 6) is -0.902. The van der Waals surface area contributed by atoms with Crippen LogP contribution < -0.4 is 11.3 Å². The van der Waals surface area contributed by atoms with E-state index in [1.165, 1.54) is 15.4 Å². The summed E-state index contributed by atoms with van der Waals surface area (Å²) in [5.41, 5.74) is 6.72. The highest BCUT2D eigenvalue weighted by atomic mass is 35.5. The van der Waals surface area contributed by atoms with E-state index in [1.54, 1.807) is 46.0 Å². The molecular formula is C28H35ClN6O5. The Kier molecular flexibility index (Phi) is 8.74. The Bertz CT molecular complexity index is 1420. The van der Waals surface area contributed by atoms with Crippen molar-refractivity contribution >= 4 is 23.5 Å². The summed E-state index contributed by atoms with van der Waals surface area (Å²) in [5, 5.41) is 13.2. The Morgan fingerprint density at radius 2 is 1.90 bits per heavy atom. The minimum atomic E-state index is -0.920. The number of halogens is 1. The molecule has 0 spiro atoms.